The molecule has 1 heterocycles. The molecule has 2 heteroatoms. The molecule has 70 valence electrons. The lowest BCUT2D eigenvalue weighted by atomic mass is 10.1. The fourth-order valence-corrected chi connectivity index (χ4v) is 1.72. The van der Waals surface area contributed by atoms with Crippen LogP contribution in [0.25, 0.3) is 0 Å². The molecular weight excluding hydrogens is 162 g/mol. The van der Waals surface area contributed by atoms with Crippen LogP contribution in [0.2, 0.25) is 0 Å². The van der Waals surface area contributed by atoms with Gasteiger partial charge in [-0.25, -0.2) is 0 Å². The SMILES string of the molecule is CCN1Cc2ccccc2OC1C. The summed E-state index contributed by atoms with van der Waals surface area (Å²) in [4.78, 5) is 2.31. The summed E-state index contributed by atoms with van der Waals surface area (Å²) in [6.45, 7) is 6.30. The van der Waals surface area contributed by atoms with Crippen molar-refractivity contribution in [3.63, 3.8) is 0 Å². The predicted octanol–water partition coefficient (Wildman–Crippen LogP) is 2.25. The van der Waals surface area contributed by atoms with E-state index in [1.807, 2.05) is 12.1 Å². The van der Waals surface area contributed by atoms with Crippen molar-refractivity contribution in [3.8, 4) is 5.75 Å². The quantitative estimate of drug-likeness (QED) is 0.652. The van der Waals surface area contributed by atoms with Gasteiger partial charge in [-0.1, -0.05) is 25.1 Å². The van der Waals surface area contributed by atoms with Gasteiger partial charge in [0, 0.05) is 12.1 Å². The van der Waals surface area contributed by atoms with Crippen molar-refractivity contribution in [1.29, 1.82) is 0 Å². The van der Waals surface area contributed by atoms with Crippen LogP contribution in [0.15, 0.2) is 24.3 Å². The Balaban J connectivity index is 2.27. The molecule has 0 bridgehead atoms. The van der Waals surface area contributed by atoms with Crippen molar-refractivity contribution in [2.45, 2.75) is 26.6 Å². The van der Waals surface area contributed by atoms with E-state index in [2.05, 4.69) is 30.9 Å². The molecule has 2 nitrogen and oxygen atoms in total. The number of hydrogen-bond donors (Lipinski definition) is 0. The van der Waals surface area contributed by atoms with Crippen molar-refractivity contribution in [2.24, 2.45) is 0 Å². The van der Waals surface area contributed by atoms with Crippen LogP contribution in [-0.4, -0.2) is 17.7 Å². The van der Waals surface area contributed by atoms with E-state index >= 15 is 0 Å². The van der Waals surface area contributed by atoms with Crippen molar-refractivity contribution in [1.82, 2.24) is 4.90 Å². The Kier molecular flexibility index (Phi) is 2.23. The highest BCUT2D eigenvalue weighted by Crippen LogP contribution is 2.26. The largest absolute Gasteiger partial charge is 0.475 e. The first-order chi connectivity index (χ1) is 6.31. The molecule has 0 spiro atoms. The van der Waals surface area contributed by atoms with Gasteiger partial charge in [-0.05, 0) is 19.5 Å². The number of nitrogens with zero attached hydrogens (tertiary/aromatic N) is 1. The fourth-order valence-electron chi connectivity index (χ4n) is 1.72. The van der Waals surface area contributed by atoms with Gasteiger partial charge in [0.25, 0.3) is 0 Å². The smallest absolute Gasteiger partial charge is 0.150 e. The zero-order chi connectivity index (χ0) is 9.26. The van der Waals surface area contributed by atoms with Crippen molar-refractivity contribution < 1.29 is 4.74 Å². The van der Waals surface area contributed by atoms with E-state index in [4.69, 9.17) is 4.74 Å². The molecule has 1 aromatic rings. The zero-order valence-corrected chi connectivity index (χ0v) is 8.16. The lowest BCUT2D eigenvalue weighted by Crippen LogP contribution is -2.39. The lowest BCUT2D eigenvalue weighted by molar-refractivity contribution is 0.0174. The molecule has 13 heavy (non-hydrogen) atoms. The van der Waals surface area contributed by atoms with Crippen LogP contribution in [0.4, 0.5) is 0 Å². The molecule has 0 aliphatic carbocycles. The maximum Gasteiger partial charge on any atom is 0.150 e. The highest BCUT2D eigenvalue weighted by atomic mass is 16.5. The van der Waals surface area contributed by atoms with Gasteiger partial charge in [0.1, 0.15) is 12.0 Å². The summed E-state index contributed by atoms with van der Waals surface area (Å²) in [5.74, 6) is 1.04. The van der Waals surface area contributed by atoms with Crippen LogP contribution in [0.1, 0.15) is 19.4 Å². The highest BCUT2D eigenvalue weighted by Gasteiger charge is 2.21. The first-order valence-electron chi connectivity index (χ1n) is 4.80. The van der Waals surface area contributed by atoms with E-state index in [0.717, 1.165) is 18.8 Å². The van der Waals surface area contributed by atoms with E-state index in [1.54, 1.807) is 0 Å². The van der Waals surface area contributed by atoms with E-state index < -0.39 is 0 Å². The molecule has 0 aromatic heterocycles. The van der Waals surface area contributed by atoms with Gasteiger partial charge < -0.3 is 4.74 Å². The molecule has 2 rings (SSSR count). The number of fused-ring (bicyclic) bond motifs is 1. The van der Waals surface area contributed by atoms with Crippen LogP contribution < -0.4 is 4.74 Å². The third-order valence-corrected chi connectivity index (χ3v) is 2.56. The third kappa shape index (κ3) is 1.54. The summed E-state index contributed by atoms with van der Waals surface area (Å²) < 4.78 is 5.76. The Hall–Kier alpha value is -1.02. The van der Waals surface area contributed by atoms with Gasteiger partial charge in [0.2, 0.25) is 0 Å². The number of ether oxygens (including phenoxy) is 1. The molecule has 0 amide bonds. The van der Waals surface area contributed by atoms with Crippen LogP contribution in [0.3, 0.4) is 0 Å². The topological polar surface area (TPSA) is 12.5 Å². The summed E-state index contributed by atoms with van der Waals surface area (Å²) in [5.41, 5.74) is 1.29. The Morgan fingerprint density at radius 1 is 1.46 bits per heavy atom. The second-order valence-electron chi connectivity index (χ2n) is 3.39. The van der Waals surface area contributed by atoms with E-state index in [0.29, 0.717) is 0 Å². The summed E-state index contributed by atoms with van der Waals surface area (Å²) in [6, 6.07) is 8.25. The normalized spacial score (nSPS) is 22.2. The van der Waals surface area contributed by atoms with Gasteiger partial charge in [0.05, 0.1) is 0 Å². The zero-order valence-electron chi connectivity index (χ0n) is 8.16. The summed E-state index contributed by atoms with van der Waals surface area (Å²) in [7, 11) is 0. The van der Waals surface area contributed by atoms with E-state index in [9.17, 15) is 0 Å². The number of benzene rings is 1. The molecule has 1 aliphatic rings. The minimum atomic E-state index is 0.208. The molecule has 0 saturated carbocycles. The monoisotopic (exact) mass is 177 g/mol. The Morgan fingerprint density at radius 2 is 2.23 bits per heavy atom. The van der Waals surface area contributed by atoms with Crippen molar-refractivity contribution in [2.75, 3.05) is 6.54 Å². The van der Waals surface area contributed by atoms with E-state index in [1.165, 1.54) is 5.56 Å². The molecule has 1 unspecified atom stereocenters. The molecule has 1 atom stereocenters. The first kappa shape index (κ1) is 8.57. The predicted molar refractivity (Wildman–Crippen MR) is 52.6 cm³/mol. The maximum absolute atomic E-state index is 5.76. The van der Waals surface area contributed by atoms with Gasteiger partial charge in [0.15, 0.2) is 0 Å². The molecule has 0 radical (unpaired) electrons. The third-order valence-electron chi connectivity index (χ3n) is 2.56. The molecule has 0 saturated heterocycles. The standard InChI is InChI=1S/C11H15NO/c1-3-12-8-10-6-4-5-7-11(10)13-9(12)2/h4-7,9H,3,8H2,1-2H3. The van der Waals surface area contributed by atoms with Crippen LogP contribution >= 0.6 is 0 Å². The molecule has 0 N–H and O–H groups in total. The molecule has 1 aromatic carbocycles. The fraction of sp³-hybridized carbons (Fsp3) is 0.455. The van der Waals surface area contributed by atoms with Crippen molar-refractivity contribution >= 4 is 0 Å². The average Bonchev–Trinajstić information content (AvgIpc) is 2.17. The second-order valence-corrected chi connectivity index (χ2v) is 3.39. The number of rotatable bonds is 1. The summed E-state index contributed by atoms with van der Waals surface area (Å²) in [6.07, 6.45) is 0.208. The minimum Gasteiger partial charge on any atom is -0.475 e. The first-order valence-corrected chi connectivity index (χ1v) is 4.80. The average molecular weight is 177 g/mol. The molecule has 1 aliphatic heterocycles. The van der Waals surface area contributed by atoms with Crippen LogP contribution in [-0.2, 0) is 6.54 Å². The Bertz CT molecular complexity index is 298. The number of para-hydroxylation sites is 1. The maximum atomic E-state index is 5.76. The van der Waals surface area contributed by atoms with Gasteiger partial charge >= 0.3 is 0 Å². The summed E-state index contributed by atoms with van der Waals surface area (Å²) >= 11 is 0. The Labute approximate surface area is 79.1 Å². The Morgan fingerprint density at radius 3 is 3.00 bits per heavy atom. The summed E-state index contributed by atoms with van der Waals surface area (Å²) in [5, 5.41) is 0. The lowest BCUT2D eigenvalue weighted by Gasteiger charge is -2.34. The second kappa shape index (κ2) is 3.38. The van der Waals surface area contributed by atoms with Gasteiger partial charge in [-0.2, -0.15) is 0 Å². The van der Waals surface area contributed by atoms with Gasteiger partial charge in [-0.3, -0.25) is 4.90 Å². The number of hydrogen-bond acceptors (Lipinski definition) is 2. The van der Waals surface area contributed by atoms with Gasteiger partial charge in [-0.15, -0.1) is 0 Å². The van der Waals surface area contributed by atoms with Crippen molar-refractivity contribution in [3.05, 3.63) is 29.8 Å². The highest BCUT2D eigenvalue weighted by molar-refractivity contribution is 5.34. The van der Waals surface area contributed by atoms with Crippen LogP contribution in [0, 0.1) is 0 Å². The van der Waals surface area contributed by atoms with Crippen LogP contribution in [0.5, 0.6) is 5.75 Å². The van der Waals surface area contributed by atoms with E-state index in [-0.39, 0.29) is 6.23 Å². The molecular formula is C11H15NO. The minimum absolute atomic E-state index is 0.208. The molecule has 0 fully saturated rings.